The van der Waals surface area contributed by atoms with Crippen LogP contribution in [0.4, 0.5) is 10.2 Å². The Hall–Kier alpha value is -2.75. The quantitative estimate of drug-likeness (QED) is 0.593. The maximum atomic E-state index is 14.0. The molecule has 10 heteroatoms. The molecular formula is C25H30FN5O3S. The zero-order valence-corrected chi connectivity index (χ0v) is 20.7. The van der Waals surface area contributed by atoms with Crippen molar-refractivity contribution in [3.8, 4) is 0 Å². The lowest BCUT2D eigenvalue weighted by Gasteiger charge is -2.36. The van der Waals surface area contributed by atoms with Crippen molar-refractivity contribution in [1.29, 1.82) is 0 Å². The first kappa shape index (κ1) is 22.7. The van der Waals surface area contributed by atoms with Gasteiger partial charge in [-0.25, -0.2) is 17.8 Å². The first-order valence-corrected chi connectivity index (χ1v) is 14.1. The molecule has 6 rings (SSSR count). The molecule has 3 heterocycles. The number of amides is 1. The highest BCUT2D eigenvalue weighted by molar-refractivity contribution is 7.91. The lowest BCUT2D eigenvalue weighted by Crippen LogP contribution is -2.52. The summed E-state index contributed by atoms with van der Waals surface area (Å²) in [6, 6.07) is 4.94. The van der Waals surface area contributed by atoms with Gasteiger partial charge in [-0.2, -0.15) is 5.10 Å². The van der Waals surface area contributed by atoms with Gasteiger partial charge in [-0.15, -0.1) is 0 Å². The number of sulfone groups is 1. The highest BCUT2D eigenvalue weighted by Crippen LogP contribution is 2.42. The van der Waals surface area contributed by atoms with Crippen LogP contribution in [-0.4, -0.2) is 54.1 Å². The van der Waals surface area contributed by atoms with E-state index >= 15 is 0 Å². The second-order valence-corrected chi connectivity index (χ2v) is 12.1. The molecule has 0 N–H and O–H groups in total. The van der Waals surface area contributed by atoms with E-state index < -0.39 is 21.6 Å². The largest absolute Gasteiger partial charge is 0.289 e. The first-order valence-electron chi connectivity index (χ1n) is 12.6. The fourth-order valence-electron chi connectivity index (χ4n) is 6.19. The number of hydrogen-bond donors (Lipinski definition) is 0. The number of hydrogen-bond acceptors (Lipinski definition) is 6. The molecule has 0 bridgehead atoms. The smallest absolute Gasteiger partial charge is 0.267 e. The van der Waals surface area contributed by atoms with E-state index in [9.17, 15) is 17.6 Å². The number of halogens is 1. The van der Waals surface area contributed by atoms with Crippen LogP contribution < -0.4 is 4.90 Å². The third-order valence-corrected chi connectivity index (χ3v) is 9.81. The van der Waals surface area contributed by atoms with E-state index in [1.807, 2.05) is 4.90 Å². The topological polar surface area (TPSA) is 87.9 Å². The molecule has 2 aromatic rings. The number of fused-ring (bicyclic) bond motifs is 5. The lowest BCUT2D eigenvalue weighted by molar-refractivity contribution is 0.0860. The summed E-state index contributed by atoms with van der Waals surface area (Å²) in [7, 11) is -2.48. The molecule has 2 fully saturated rings. The maximum Gasteiger partial charge on any atom is 0.267 e. The van der Waals surface area contributed by atoms with E-state index in [0.717, 1.165) is 63.5 Å². The molecule has 2 aliphatic heterocycles. The van der Waals surface area contributed by atoms with Crippen molar-refractivity contribution < 1.29 is 17.6 Å². The molecule has 186 valence electrons. The molecule has 2 atom stereocenters. The number of rotatable bonds is 4. The van der Waals surface area contributed by atoms with E-state index in [4.69, 9.17) is 10.1 Å². The lowest BCUT2D eigenvalue weighted by atomic mass is 9.89. The highest BCUT2D eigenvalue weighted by Gasteiger charge is 2.50. The standard InChI is InChI=1S/C25H30FN5O3S/c1-29-23(32)21-22(31-20-10-6-5-9-19(20)27-25(29)31)28-30(15-16-7-3-2-4-8-16)24(21)35(33,34)18-13-11-17(26)12-14-18/h11-14,16,19-20H,2-10,15H2,1H3/t19-,20+/m1/s1. The van der Waals surface area contributed by atoms with Crippen molar-refractivity contribution in [1.82, 2.24) is 14.7 Å². The van der Waals surface area contributed by atoms with Crippen LogP contribution in [-0.2, 0) is 16.4 Å². The Kier molecular flexibility index (Phi) is 5.47. The van der Waals surface area contributed by atoms with Gasteiger partial charge in [0.25, 0.3) is 5.91 Å². The Bertz CT molecular complexity index is 1300. The molecule has 1 aromatic carbocycles. The van der Waals surface area contributed by atoms with Crippen molar-refractivity contribution in [3.05, 3.63) is 35.6 Å². The second kappa shape index (κ2) is 8.43. The molecule has 4 aliphatic rings. The molecule has 0 saturated heterocycles. The zero-order chi connectivity index (χ0) is 24.3. The number of benzene rings is 1. The van der Waals surface area contributed by atoms with Gasteiger partial charge in [0.2, 0.25) is 15.8 Å². The van der Waals surface area contributed by atoms with Crippen molar-refractivity contribution in [2.24, 2.45) is 10.9 Å². The number of carbonyl (C=O) groups is 1. The molecule has 8 nitrogen and oxygen atoms in total. The highest BCUT2D eigenvalue weighted by atomic mass is 32.2. The molecule has 0 unspecified atom stereocenters. The van der Waals surface area contributed by atoms with E-state index in [2.05, 4.69) is 0 Å². The SMILES string of the molecule is CN1C(=O)c2c(nn(CC3CCCCC3)c2S(=O)(=O)c2ccc(F)cc2)N2C1=N[C@@H]1CCCC[C@@H]12. The van der Waals surface area contributed by atoms with Crippen LogP contribution in [0.5, 0.6) is 0 Å². The van der Waals surface area contributed by atoms with Crippen LogP contribution >= 0.6 is 0 Å². The molecule has 0 radical (unpaired) electrons. The van der Waals surface area contributed by atoms with Crippen LogP contribution in [0.25, 0.3) is 0 Å². The second-order valence-electron chi connectivity index (χ2n) is 10.2. The third-order valence-electron chi connectivity index (χ3n) is 7.99. The fraction of sp³-hybridized carbons (Fsp3) is 0.560. The molecule has 2 aliphatic carbocycles. The third kappa shape index (κ3) is 3.59. The van der Waals surface area contributed by atoms with Crippen molar-refractivity contribution in [2.45, 2.75) is 86.3 Å². The van der Waals surface area contributed by atoms with E-state index in [1.54, 1.807) is 11.7 Å². The molecular weight excluding hydrogens is 469 g/mol. The monoisotopic (exact) mass is 499 g/mol. The summed E-state index contributed by atoms with van der Waals surface area (Å²) in [5.74, 6) is 0.336. The average molecular weight is 500 g/mol. The summed E-state index contributed by atoms with van der Waals surface area (Å²) in [6.07, 6.45) is 9.46. The summed E-state index contributed by atoms with van der Waals surface area (Å²) >= 11 is 0. The van der Waals surface area contributed by atoms with Gasteiger partial charge >= 0.3 is 0 Å². The number of aliphatic imine (C=N–C) groups is 1. The summed E-state index contributed by atoms with van der Waals surface area (Å²) in [5.41, 5.74) is 0.109. The number of nitrogens with zero attached hydrogens (tertiary/aromatic N) is 5. The van der Waals surface area contributed by atoms with Crippen LogP contribution in [0.2, 0.25) is 0 Å². The molecule has 2 saturated carbocycles. The molecule has 35 heavy (non-hydrogen) atoms. The van der Waals surface area contributed by atoms with Crippen molar-refractivity contribution in [3.63, 3.8) is 0 Å². The number of anilines is 1. The molecule has 1 amide bonds. The molecule has 0 spiro atoms. The molecule has 1 aromatic heterocycles. The van der Waals surface area contributed by atoms with Crippen molar-refractivity contribution >= 4 is 27.5 Å². The van der Waals surface area contributed by atoms with Gasteiger partial charge in [0, 0.05) is 13.6 Å². The Labute approximate surface area is 204 Å². The van der Waals surface area contributed by atoms with E-state index in [-0.39, 0.29) is 27.6 Å². The van der Waals surface area contributed by atoms with Gasteiger partial charge in [-0.3, -0.25) is 19.3 Å². The number of aromatic nitrogens is 2. The first-order chi connectivity index (χ1) is 16.9. The minimum Gasteiger partial charge on any atom is -0.289 e. The minimum atomic E-state index is -4.13. The van der Waals surface area contributed by atoms with Gasteiger partial charge in [0.15, 0.2) is 10.8 Å². The van der Waals surface area contributed by atoms with Gasteiger partial charge in [-0.05, 0) is 55.9 Å². The Morgan fingerprint density at radius 2 is 1.69 bits per heavy atom. The predicted octanol–water partition coefficient (Wildman–Crippen LogP) is 4.01. The maximum absolute atomic E-state index is 14.0. The Morgan fingerprint density at radius 3 is 2.43 bits per heavy atom. The van der Waals surface area contributed by atoms with Gasteiger partial charge in [0.05, 0.1) is 17.0 Å². The van der Waals surface area contributed by atoms with Gasteiger partial charge in [0.1, 0.15) is 11.4 Å². The van der Waals surface area contributed by atoms with Crippen LogP contribution in [0, 0.1) is 11.7 Å². The zero-order valence-electron chi connectivity index (χ0n) is 19.9. The summed E-state index contributed by atoms with van der Waals surface area (Å²) in [5, 5.41) is 4.75. The number of guanidine groups is 1. The predicted molar refractivity (Wildman–Crippen MR) is 129 cm³/mol. The van der Waals surface area contributed by atoms with E-state index in [0.29, 0.717) is 24.2 Å². The van der Waals surface area contributed by atoms with Gasteiger partial charge < -0.3 is 0 Å². The summed E-state index contributed by atoms with van der Waals surface area (Å²) in [4.78, 5) is 21.9. The van der Waals surface area contributed by atoms with Gasteiger partial charge in [-0.1, -0.05) is 32.1 Å². The minimum absolute atomic E-state index is 0.0432. The average Bonchev–Trinajstić information content (AvgIpc) is 3.43. The Morgan fingerprint density at radius 1 is 1.00 bits per heavy atom. The van der Waals surface area contributed by atoms with Crippen LogP contribution in [0.1, 0.15) is 68.1 Å². The Balaban J connectivity index is 1.53. The van der Waals surface area contributed by atoms with Crippen molar-refractivity contribution in [2.75, 3.05) is 11.9 Å². The summed E-state index contributed by atoms with van der Waals surface area (Å²) in [6.45, 7) is 0.439. The van der Waals surface area contributed by atoms with Crippen LogP contribution in [0.15, 0.2) is 39.2 Å². The van der Waals surface area contributed by atoms with E-state index in [1.165, 1.54) is 23.5 Å². The number of carbonyl (C=O) groups excluding carboxylic acids is 1. The summed E-state index contributed by atoms with van der Waals surface area (Å²) < 4.78 is 43.1. The normalized spacial score (nSPS) is 24.7. The van der Waals surface area contributed by atoms with Crippen LogP contribution in [0.3, 0.4) is 0 Å². The fourth-order valence-corrected chi connectivity index (χ4v) is 7.75.